The van der Waals surface area contributed by atoms with Crippen LogP contribution in [0.1, 0.15) is 37.2 Å². The third kappa shape index (κ3) is 3.70. The summed E-state index contributed by atoms with van der Waals surface area (Å²) < 4.78 is 1.97. The first-order valence-electron chi connectivity index (χ1n) is 9.09. The molecule has 1 aromatic carbocycles. The topological polar surface area (TPSA) is 54.3 Å². The normalized spacial score (nSPS) is 17.9. The van der Waals surface area contributed by atoms with Crippen molar-refractivity contribution in [3.63, 3.8) is 0 Å². The Morgan fingerprint density at radius 1 is 1.28 bits per heavy atom. The molecule has 134 valence electrons. The van der Waals surface area contributed by atoms with Gasteiger partial charge in [0.05, 0.1) is 0 Å². The first-order valence-corrected chi connectivity index (χ1v) is 9.09. The molecule has 0 bridgehead atoms. The van der Waals surface area contributed by atoms with Crippen molar-refractivity contribution in [3.05, 3.63) is 36.0 Å². The largest absolute Gasteiger partial charge is 0.356 e. The fourth-order valence-electron chi connectivity index (χ4n) is 3.52. The molecule has 1 saturated heterocycles. The van der Waals surface area contributed by atoms with Crippen LogP contribution in [0.4, 0.5) is 0 Å². The van der Waals surface area contributed by atoms with E-state index < -0.39 is 0 Å². The lowest BCUT2D eigenvalue weighted by atomic mass is 9.97. The number of hydrogen-bond donors (Lipinski definition) is 1. The van der Waals surface area contributed by atoms with Crippen LogP contribution >= 0.6 is 0 Å². The van der Waals surface area contributed by atoms with Crippen LogP contribution in [0.15, 0.2) is 30.3 Å². The van der Waals surface area contributed by atoms with Gasteiger partial charge in [0.15, 0.2) is 0 Å². The molecule has 2 amide bonds. The molecule has 25 heavy (non-hydrogen) atoms. The lowest BCUT2D eigenvalue weighted by Gasteiger charge is -2.33. The molecule has 1 aliphatic heterocycles. The Morgan fingerprint density at radius 3 is 2.76 bits per heavy atom. The van der Waals surface area contributed by atoms with E-state index in [0.29, 0.717) is 19.0 Å². The Bertz CT molecular complexity index is 778. The summed E-state index contributed by atoms with van der Waals surface area (Å²) >= 11 is 0. The van der Waals surface area contributed by atoms with E-state index in [2.05, 4.69) is 5.32 Å². The van der Waals surface area contributed by atoms with Crippen LogP contribution in [-0.2, 0) is 11.8 Å². The van der Waals surface area contributed by atoms with E-state index in [1.165, 1.54) is 0 Å². The third-order valence-electron chi connectivity index (χ3n) is 5.07. The Kier molecular flexibility index (Phi) is 5.11. The van der Waals surface area contributed by atoms with Crippen LogP contribution in [0.3, 0.4) is 0 Å². The maximum Gasteiger partial charge on any atom is 0.270 e. The van der Waals surface area contributed by atoms with Gasteiger partial charge in [-0.1, -0.05) is 32.0 Å². The van der Waals surface area contributed by atoms with Gasteiger partial charge >= 0.3 is 0 Å². The summed E-state index contributed by atoms with van der Waals surface area (Å²) in [5.74, 6) is 0.489. The Labute approximate surface area is 149 Å². The number of nitrogens with zero attached hydrogens (tertiary/aromatic N) is 2. The molecule has 1 fully saturated rings. The van der Waals surface area contributed by atoms with E-state index in [9.17, 15) is 9.59 Å². The lowest BCUT2D eigenvalue weighted by Crippen LogP contribution is -2.44. The molecule has 0 aliphatic carbocycles. The molecular weight excluding hydrogens is 314 g/mol. The number of carbonyl (C=O) groups excluding carboxylic acids is 2. The second-order valence-corrected chi connectivity index (χ2v) is 7.31. The molecule has 3 rings (SSSR count). The summed E-state index contributed by atoms with van der Waals surface area (Å²) in [6.45, 7) is 5.93. The molecule has 1 aliphatic rings. The van der Waals surface area contributed by atoms with E-state index >= 15 is 0 Å². The number of likely N-dealkylation sites (tertiary alicyclic amines) is 1. The number of piperidine rings is 1. The molecule has 5 nitrogen and oxygen atoms in total. The number of aryl methyl sites for hydroxylation is 1. The summed E-state index contributed by atoms with van der Waals surface area (Å²) in [5, 5.41) is 4.09. The third-order valence-corrected chi connectivity index (χ3v) is 5.07. The number of carbonyl (C=O) groups is 2. The van der Waals surface area contributed by atoms with Gasteiger partial charge in [0.2, 0.25) is 5.91 Å². The second kappa shape index (κ2) is 7.30. The fraction of sp³-hybridized carbons (Fsp3) is 0.500. The molecule has 0 radical (unpaired) electrons. The summed E-state index contributed by atoms with van der Waals surface area (Å²) in [4.78, 5) is 26.7. The second-order valence-electron chi connectivity index (χ2n) is 7.31. The monoisotopic (exact) mass is 341 g/mol. The van der Waals surface area contributed by atoms with Gasteiger partial charge in [0, 0.05) is 43.5 Å². The predicted octanol–water partition coefficient (Wildman–Crippen LogP) is 2.80. The van der Waals surface area contributed by atoms with E-state index in [-0.39, 0.29) is 17.7 Å². The van der Waals surface area contributed by atoms with Gasteiger partial charge in [-0.25, -0.2) is 0 Å². The van der Waals surface area contributed by atoms with E-state index in [4.69, 9.17) is 0 Å². The van der Waals surface area contributed by atoms with Crippen LogP contribution < -0.4 is 5.32 Å². The predicted molar refractivity (Wildman–Crippen MR) is 99.4 cm³/mol. The minimum atomic E-state index is -0.00266. The first-order chi connectivity index (χ1) is 12.0. The number of rotatable bonds is 4. The number of amides is 2. The highest BCUT2D eigenvalue weighted by Crippen LogP contribution is 2.22. The first kappa shape index (κ1) is 17.5. The molecular formula is C20H27N3O2. The molecule has 5 heteroatoms. The number of hydrogen-bond acceptors (Lipinski definition) is 2. The zero-order valence-electron chi connectivity index (χ0n) is 15.3. The van der Waals surface area contributed by atoms with Gasteiger partial charge < -0.3 is 14.8 Å². The summed E-state index contributed by atoms with van der Waals surface area (Å²) in [5.41, 5.74) is 1.80. The van der Waals surface area contributed by atoms with Crippen molar-refractivity contribution in [1.82, 2.24) is 14.8 Å². The minimum Gasteiger partial charge on any atom is -0.356 e. The highest BCUT2D eigenvalue weighted by Gasteiger charge is 2.26. The molecule has 2 heterocycles. The molecule has 0 saturated carbocycles. The maximum atomic E-state index is 13.0. The average Bonchev–Trinajstić information content (AvgIpc) is 2.96. The number of benzene rings is 1. The molecule has 2 aromatic rings. The van der Waals surface area contributed by atoms with Crippen molar-refractivity contribution < 1.29 is 9.59 Å². The number of aromatic nitrogens is 1. The van der Waals surface area contributed by atoms with E-state index in [1.54, 1.807) is 0 Å². The van der Waals surface area contributed by atoms with Gasteiger partial charge in [-0.3, -0.25) is 9.59 Å². The average molecular weight is 341 g/mol. The summed E-state index contributed by atoms with van der Waals surface area (Å²) in [7, 11) is 1.94. The Morgan fingerprint density at radius 2 is 2.04 bits per heavy atom. The summed E-state index contributed by atoms with van der Waals surface area (Å²) in [6, 6.07) is 10.0. The standard InChI is InChI=1S/C20H27N3O2/c1-14(2)19(24)21-12-15-7-6-10-23(13-15)20(25)18-11-16-8-4-5-9-17(16)22(18)3/h4-5,8-9,11,14-15H,6-7,10,12-13H2,1-3H3,(H,21,24). The number of fused-ring (bicyclic) bond motifs is 1. The van der Waals surface area contributed by atoms with Crippen LogP contribution in [-0.4, -0.2) is 40.9 Å². The van der Waals surface area contributed by atoms with Gasteiger partial charge in [0.1, 0.15) is 5.69 Å². The van der Waals surface area contributed by atoms with Crippen molar-refractivity contribution in [2.45, 2.75) is 26.7 Å². The van der Waals surface area contributed by atoms with Crippen molar-refractivity contribution in [2.24, 2.45) is 18.9 Å². The zero-order chi connectivity index (χ0) is 18.0. The number of para-hydroxylation sites is 1. The van der Waals surface area contributed by atoms with Gasteiger partial charge in [0.25, 0.3) is 5.91 Å². The number of nitrogens with one attached hydrogen (secondary N) is 1. The van der Waals surface area contributed by atoms with E-state index in [0.717, 1.165) is 36.0 Å². The van der Waals surface area contributed by atoms with Crippen LogP contribution in [0, 0.1) is 11.8 Å². The van der Waals surface area contributed by atoms with Crippen molar-refractivity contribution in [3.8, 4) is 0 Å². The van der Waals surface area contributed by atoms with Crippen molar-refractivity contribution >= 4 is 22.7 Å². The lowest BCUT2D eigenvalue weighted by molar-refractivity contribution is -0.124. The molecule has 1 atom stereocenters. The summed E-state index contributed by atoms with van der Waals surface area (Å²) in [6.07, 6.45) is 2.04. The zero-order valence-corrected chi connectivity index (χ0v) is 15.3. The highest BCUT2D eigenvalue weighted by atomic mass is 16.2. The molecule has 0 spiro atoms. The molecule has 1 N–H and O–H groups in total. The van der Waals surface area contributed by atoms with Gasteiger partial charge in [-0.05, 0) is 30.9 Å². The maximum absolute atomic E-state index is 13.0. The van der Waals surface area contributed by atoms with E-state index in [1.807, 2.05) is 60.7 Å². The molecule has 1 unspecified atom stereocenters. The smallest absolute Gasteiger partial charge is 0.270 e. The molecule has 1 aromatic heterocycles. The Hall–Kier alpha value is -2.30. The SMILES string of the molecule is CC(C)C(=O)NCC1CCCN(C(=O)c2cc3ccccc3n2C)C1. The van der Waals surface area contributed by atoms with Crippen molar-refractivity contribution in [1.29, 1.82) is 0 Å². The van der Waals surface area contributed by atoms with Crippen LogP contribution in [0.25, 0.3) is 10.9 Å². The highest BCUT2D eigenvalue weighted by molar-refractivity contribution is 5.98. The van der Waals surface area contributed by atoms with Gasteiger partial charge in [-0.2, -0.15) is 0 Å². The quantitative estimate of drug-likeness (QED) is 0.930. The van der Waals surface area contributed by atoms with Crippen molar-refractivity contribution in [2.75, 3.05) is 19.6 Å². The minimum absolute atomic E-state index is 0.00266. The Balaban J connectivity index is 1.69. The van der Waals surface area contributed by atoms with Crippen LogP contribution in [0.2, 0.25) is 0 Å². The fourth-order valence-corrected chi connectivity index (χ4v) is 3.52. The van der Waals surface area contributed by atoms with Crippen LogP contribution in [0.5, 0.6) is 0 Å². The van der Waals surface area contributed by atoms with Gasteiger partial charge in [-0.15, -0.1) is 0 Å².